The van der Waals surface area contributed by atoms with E-state index in [1.165, 1.54) is 12.1 Å². The SMILES string of the molecule is Cc1cc(Cl)cc(Oc2ccc(C(=O)NC(COP(O)O)Cc3ccccc3)o2)c1. The molecule has 2 aromatic carbocycles. The molecule has 1 amide bonds. The van der Waals surface area contributed by atoms with Crippen molar-refractivity contribution in [3.05, 3.63) is 82.6 Å². The number of nitrogens with one attached hydrogen (secondary N) is 1. The van der Waals surface area contributed by atoms with Crippen molar-refractivity contribution < 1.29 is 28.3 Å². The monoisotopic (exact) mass is 449 g/mol. The number of amides is 1. The number of rotatable bonds is 9. The molecule has 158 valence electrons. The van der Waals surface area contributed by atoms with Crippen LogP contribution in [0, 0.1) is 6.92 Å². The van der Waals surface area contributed by atoms with Crippen LogP contribution in [0.5, 0.6) is 11.7 Å². The zero-order valence-electron chi connectivity index (χ0n) is 16.1. The zero-order valence-corrected chi connectivity index (χ0v) is 17.8. The highest BCUT2D eigenvalue weighted by atomic mass is 35.5. The lowest BCUT2D eigenvalue weighted by atomic mass is 10.1. The maximum absolute atomic E-state index is 12.6. The molecule has 1 aromatic heterocycles. The van der Waals surface area contributed by atoms with Gasteiger partial charge in [0.15, 0.2) is 5.76 Å². The second-order valence-electron chi connectivity index (χ2n) is 6.59. The molecule has 0 saturated heterocycles. The van der Waals surface area contributed by atoms with Crippen LogP contribution in [-0.4, -0.2) is 28.3 Å². The first-order valence-corrected chi connectivity index (χ1v) is 10.6. The summed E-state index contributed by atoms with van der Waals surface area (Å²) < 4.78 is 16.0. The summed E-state index contributed by atoms with van der Waals surface area (Å²) in [4.78, 5) is 30.7. The number of hydrogen-bond donors (Lipinski definition) is 3. The molecule has 7 nitrogen and oxygen atoms in total. The average Bonchev–Trinajstić information content (AvgIpc) is 3.14. The van der Waals surface area contributed by atoms with E-state index in [0.29, 0.717) is 17.2 Å². The number of ether oxygens (including phenoxy) is 1. The van der Waals surface area contributed by atoms with Gasteiger partial charge in [-0.05, 0) is 48.7 Å². The minimum absolute atomic E-state index is 0.0528. The Morgan fingerprint density at radius 2 is 1.93 bits per heavy atom. The second-order valence-corrected chi connectivity index (χ2v) is 7.79. The molecule has 0 fully saturated rings. The van der Waals surface area contributed by atoms with Gasteiger partial charge in [-0.3, -0.25) is 4.79 Å². The Kier molecular flexibility index (Phi) is 7.85. The van der Waals surface area contributed by atoms with Crippen molar-refractivity contribution in [1.82, 2.24) is 5.32 Å². The number of benzene rings is 2. The smallest absolute Gasteiger partial charge is 0.327 e. The lowest BCUT2D eigenvalue weighted by Gasteiger charge is -2.18. The minimum atomic E-state index is -2.52. The molecule has 0 aliphatic heterocycles. The molecule has 3 rings (SSSR count). The lowest BCUT2D eigenvalue weighted by molar-refractivity contribution is 0.0884. The maximum atomic E-state index is 12.6. The third kappa shape index (κ3) is 6.83. The molecule has 0 aliphatic rings. The normalized spacial score (nSPS) is 12.0. The van der Waals surface area contributed by atoms with Gasteiger partial charge in [-0.25, -0.2) is 0 Å². The van der Waals surface area contributed by atoms with Crippen LogP contribution in [0.15, 0.2) is 65.1 Å². The van der Waals surface area contributed by atoms with Gasteiger partial charge in [-0.2, -0.15) is 0 Å². The third-order valence-electron chi connectivity index (χ3n) is 4.09. The van der Waals surface area contributed by atoms with Crippen LogP contribution in [0.25, 0.3) is 0 Å². The van der Waals surface area contributed by atoms with Crippen molar-refractivity contribution in [1.29, 1.82) is 0 Å². The van der Waals surface area contributed by atoms with Crippen LogP contribution in [-0.2, 0) is 10.9 Å². The number of furan rings is 1. The quantitative estimate of drug-likeness (QED) is 0.413. The molecule has 3 N–H and O–H groups in total. The molecule has 0 aliphatic carbocycles. The van der Waals surface area contributed by atoms with Gasteiger partial charge >= 0.3 is 8.60 Å². The Hall–Kier alpha value is -2.41. The highest BCUT2D eigenvalue weighted by molar-refractivity contribution is 7.39. The standard InChI is InChI=1S/C21H21ClNO6P/c1-14-9-16(22)12-18(10-14)28-20-8-7-19(29-20)21(24)23-17(13-27-30(25)26)11-15-5-3-2-4-6-15/h2-10,12,17,25-26H,11,13H2,1H3,(H,23,24). The van der Waals surface area contributed by atoms with Crippen LogP contribution in [0.2, 0.25) is 5.02 Å². The third-order valence-corrected chi connectivity index (χ3v) is 4.69. The fourth-order valence-electron chi connectivity index (χ4n) is 2.84. The number of carbonyl (C=O) groups excluding carboxylic acids is 1. The fraction of sp³-hybridized carbons (Fsp3) is 0.190. The largest absolute Gasteiger partial charge is 0.426 e. The molecule has 9 heteroatoms. The Labute approximate surface area is 180 Å². The summed E-state index contributed by atoms with van der Waals surface area (Å²) in [7, 11) is -2.52. The molecule has 1 unspecified atom stereocenters. The molecule has 0 bridgehead atoms. The summed E-state index contributed by atoms with van der Waals surface area (Å²) in [6, 6.07) is 17.3. The predicted molar refractivity (Wildman–Crippen MR) is 114 cm³/mol. The average molecular weight is 450 g/mol. The Morgan fingerprint density at radius 3 is 2.63 bits per heavy atom. The highest BCUT2D eigenvalue weighted by Gasteiger charge is 2.19. The van der Waals surface area contributed by atoms with Crippen molar-refractivity contribution in [2.45, 2.75) is 19.4 Å². The van der Waals surface area contributed by atoms with Crippen molar-refractivity contribution in [3.8, 4) is 11.7 Å². The van der Waals surface area contributed by atoms with Crippen LogP contribution in [0.4, 0.5) is 0 Å². The lowest BCUT2D eigenvalue weighted by Crippen LogP contribution is -2.39. The van der Waals surface area contributed by atoms with Gasteiger partial charge < -0.3 is 28.8 Å². The highest BCUT2D eigenvalue weighted by Crippen LogP contribution is 2.28. The first-order valence-electron chi connectivity index (χ1n) is 9.09. The van der Waals surface area contributed by atoms with E-state index in [9.17, 15) is 4.79 Å². The first kappa shape index (κ1) is 22.3. The van der Waals surface area contributed by atoms with E-state index in [2.05, 4.69) is 5.32 Å². The van der Waals surface area contributed by atoms with E-state index < -0.39 is 20.6 Å². The van der Waals surface area contributed by atoms with E-state index in [1.54, 1.807) is 18.2 Å². The maximum Gasteiger partial charge on any atom is 0.327 e. The zero-order chi connectivity index (χ0) is 21.5. The van der Waals surface area contributed by atoms with E-state index in [1.807, 2.05) is 37.3 Å². The summed E-state index contributed by atoms with van der Waals surface area (Å²) in [5.74, 6) is 0.219. The molecule has 0 spiro atoms. The molecule has 0 saturated carbocycles. The predicted octanol–water partition coefficient (Wildman–Crippen LogP) is 4.60. The molecular formula is C21H21ClNO6P. The molecule has 1 heterocycles. The number of aryl methyl sites for hydroxylation is 1. The van der Waals surface area contributed by atoms with Crippen LogP contribution in [0.1, 0.15) is 21.7 Å². The molecule has 1 atom stereocenters. The van der Waals surface area contributed by atoms with Gasteiger partial charge in [0.25, 0.3) is 11.9 Å². The van der Waals surface area contributed by atoms with Gasteiger partial charge in [-0.1, -0.05) is 41.9 Å². The van der Waals surface area contributed by atoms with Crippen molar-refractivity contribution in [2.24, 2.45) is 0 Å². The molecule has 30 heavy (non-hydrogen) atoms. The summed E-state index contributed by atoms with van der Waals surface area (Å²) >= 11 is 6.03. The summed E-state index contributed by atoms with van der Waals surface area (Å²) in [5, 5.41) is 3.32. The summed E-state index contributed by atoms with van der Waals surface area (Å²) in [5.41, 5.74) is 1.89. The van der Waals surface area contributed by atoms with Crippen molar-refractivity contribution in [2.75, 3.05) is 6.61 Å². The van der Waals surface area contributed by atoms with Crippen molar-refractivity contribution in [3.63, 3.8) is 0 Å². The van der Waals surface area contributed by atoms with Crippen LogP contribution in [0.3, 0.4) is 0 Å². The second kappa shape index (κ2) is 10.6. The topological polar surface area (TPSA) is 101 Å². The number of carbonyl (C=O) groups is 1. The molecule has 0 radical (unpaired) electrons. The summed E-state index contributed by atoms with van der Waals surface area (Å²) in [6.45, 7) is 1.82. The Balaban J connectivity index is 1.66. The van der Waals surface area contributed by atoms with Gasteiger partial charge in [0.1, 0.15) is 5.75 Å². The van der Waals surface area contributed by atoms with Gasteiger partial charge in [0.2, 0.25) is 0 Å². The van der Waals surface area contributed by atoms with Gasteiger partial charge in [0, 0.05) is 11.1 Å². The van der Waals surface area contributed by atoms with Gasteiger partial charge in [0.05, 0.1) is 12.6 Å². The fourth-order valence-corrected chi connectivity index (χ4v) is 3.43. The summed E-state index contributed by atoms with van der Waals surface area (Å²) in [6.07, 6.45) is 0.446. The van der Waals surface area contributed by atoms with E-state index in [0.717, 1.165) is 11.1 Å². The van der Waals surface area contributed by atoms with Crippen molar-refractivity contribution >= 4 is 26.1 Å². The van der Waals surface area contributed by atoms with E-state index in [4.69, 9.17) is 35.1 Å². The number of halogens is 1. The van der Waals surface area contributed by atoms with Gasteiger partial charge in [-0.15, -0.1) is 0 Å². The van der Waals surface area contributed by atoms with Crippen LogP contribution >= 0.6 is 20.2 Å². The molecule has 3 aromatic rings. The number of hydrogen-bond acceptors (Lipinski definition) is 6. The van der Waals surface area contributed by atoms with E-state index >= 15 is 0 Å². The molecular weight excluding hydrogens is 429 g/mol. The minimum Gasteiger partial charge on any atom is -0.426 e. The van der Waals surface area contributed by atoms with Crippen LogP contribution < -0.4 is 10.1 Å². The Morgan fingerprint density at radius 1 is 1.17 bits per heavy atom. The van der Waals surface area contributed by atoms with E-state index in [-0.39, 0.29) is 18.3 Å². The first-order chi connectivity index (χ1) is 14.4. The Bertz CT molecular complexity index is 958.